The van der Waals surface area contributed by atoms with Gasteiger partial charge in [-0.2, -0.15) is 0 Å². The molecular weight excluding hydrogens is 356 g/mol. The number of carboxylic acids is 1. The SMILES string of the molecule is O=C(NCCC(O)C(=O)O)c1c(O)c2ccccc2n(OCC2CC2)c1=O. The van der Waals surface area contributed by atoms with Crippen LogP contribution >= 0.6 is 0 Å². The molecule has 9 nitrogen and oxygen atoms in total. The van der Waals surface area contributed by atoms with Crippen LogP contribution < -0.4 is 15.7 Å². The highest BCUT2D eigenvalue weighted by Crippen LogP contribution is 2.29. The molecule has 3 rings (SSSR count). The van der Waals surface area contributed by atoms with Gasteiger partial charge in [-0.25, -0.2) is 4.79 Å². The molecule has 27 heavy (non-hydrogen) atoms. The van der Waals surface area contributed by atoms with Gasteiger partial charge in [0.15, 0.2) is 6.10 Å². The Bertz CT molecular complexity index is 933. The first kappa shape index (κ1) is 18.7. The Morgan fingerprint density at radius 2 is 2.00 bits per heavy atom. The maximum Gasteiger partial charge on any atom is 0.332 e. The molecule has 0 spiro atoms. The van der Waals surface area contributed by atoms with Crippen LogP contribution in [0.2, 0.25) is 0 Å². The Morgan fingerprint density at radius 3 is 2.67 bits per heavy atom. The number of aliphatic hydroxyl groups is 1. The quantitative estimate of drug-likeness (QED) is 0.513. The number of hydrogen-bond acceptors (Lipinski definition) is 6. The van der Waals surface area contributed by atoms with E-state index in [9.17, 15) is 24.6 Å². The van der Waals surface area contributed by atoms with Gasteiger partial charge in [-0.3, -0.25) is 9.59 Å². The number of hydrogen-bond donors (Lipinski definition) is 4. The molecule has 0 saturated heterocycles. The van der Waals surface area contributed by atoms with E-state index in [1.54, 1.807) is 24.3 Å². The maximum atomic E-state index is 12.8. The number of nitrogens with zero attached hydrogens (tertiary/aromatic N) is 1. The molecule has 1 aliphatic carbocycles. The van der Waals surface area contributed by atoms with E-state index in [2.05, 4.69) is 5.32 Å². The molecule has 1 saturated carbocycles. The van der Waals surface area contributed by atoms with E-state index in [-0.39, 0.29) is 18.4 Å². The van der Waals surface area contributed by atoms with Crippen LogP contribution in [0.25, 0.3) is 10.9 Å². The van der Waals surface area contributed by atoms with Crippen molar-refractivity contribution in [2.45, 2.75) is 25.4 Å². The summed E-state index contributed by atoms with van der Waals surface area (Å²) in [5.74, 6) is -2.38. The normalized spacial score (nSPS) is 14.7. The fourth-order valence-electron chi connectivity index (χ4n) is 2.63. The molecule has 1 aromatic heterocycles. The third kappa shape index (κ3) is 4.03. The van der Waals surface area contributed by atoms with Gasteiger partial charge in [-0.05, 0) is 30.9 Å². The molecule has 1 heterocycles. The number of nitrogens with one attached hydrogen (secondary N) is 1. The van der Waals surface area contributed by atoms with Gasteiger partial charge >= 0.3 is 5.97 Å². The van der Waals surface area contributed by atoms with Gasteiger partial charge in [0.25, 0.3) is 11.5 Å². The zero-order chi connectivity index (χ0) is 19.6. The summed E-state index contributed by atoms with van der Waals surface area (Å²) in [7, 11) is 0. The van der Waals surface area contributed by atoms with Crippen molar-refractivity contribution in [3.05, 3.63) is 40.2 Å². The van der Waals surface area contributed by atoms with E-state index < -0.39 is 34.9 Å². The summed E-state index contributed by atoms with van der Waals surface area (Å²) < 4.78 is 1.01. The molecule has 4 N–H and O–H groups in total. The molecule has 1 amide bonds. The molecule has 0 bridgehead atoms. The van der Waals surface area contributed by atoms with E-state index in [0.717, 1.165) is 17.6 Å². The number of aromatic hydroxyl groups is 1. The van der Waals surface area contributed by atoms with Crippen LogP contribution in [0.3, 0.4) is 0 Å². The molecule has 1 aliphatic rings. The number of aliphatic hydroxyl groups excluding tert-OH is 1. The summed E-state index contributed by atoms with van der Waals surface area (Å²) in [5, 5.41) is 31.0. The van der Waals surface area contributed by atoms with Crippen LogP contribution in [0.4, 0.5) is 0 Å². The van der Waals surface area contributed by atoms with E-state index in [1.807, 2.05) is 0 Å². The number of rotatable bonds is 8. The van der Waals surface area contributed by atoms with Crippen molar-refractivity contribution in [2.24, 2.45) is 5.92 Å². The second kappa shape index (κ2) is 7.67. The molecule has 1 unspecified atom stereocenters. The van der Waals surface area contributed by atoms with E-state index in [1.165, 1.54) is 0 Å². The van der Waals surface area contributed by atoms with Gasteiger partial charge in [0.2, 0.25) is 0 Å². The average Bonchev–Trinajstić information content (AvgIpc) is 3.46. The number of carboxylic acid groups (broad SMARTS) is 1. The Morgan fingerprint density at radius 1 is 1.30 bits per heavy atom. The first-order valence-electron chi connectivity index (χ1n) is 8.59. The van der Waals surface area contributed by atoms with Crippen LogP contribution in [-0.4, -0.2) is 51.2 Å². The minimum Gasteiger partial charge on any atom is -0.506 e. The zero-order valence-electron chi connectivity index (χ0n) is 14.4. The minimum atomic E-state index is -1.63. The number of carbonyl (C=O) groups excluding carboxylic acids is 1. The van der Waals surface area contributed by atoms with Crippen LogP contribution in [0.15, 0.2) is 29.1 Å². The van der Waals surface area contributed by atoms with Gasteiger partial charge < -0.3 is 25.5 Å². The van der Waals surface area contributed by atoms with Crippen LogP contribution in [0, 0.1) is 5.92 Å². The number of benzene rings is 1. The summed E-state index contributed by atoms with van der Waals surface area (Å²) in [6.45, 7) is 0.154. The molecule has 1 atom stereocenters. The lowest BCUT2D eigenvalue weighted by Crippen LogP contribution is -2.37. The number of amides is 1. The molecular formula is C18H20N2O7. The predicted octanol–water partition coefficient (Wildman–Crippen LogP) is 0.111. The third-order valence-electron chi connectivity index (χ3n) is 4.36. The Balaban J connectivity index is 1.90. The number of aliphatic carboxylic acids is 1. The number of fused-ring (bicyclic) bond motifs is 1. The van der Waals surface area contributed by atoms with E-state index in [4.69, 9.17) is 9.94 Å². The predicted molar refractivity (Wildman–Crippen MR) is 94.6 cm³/mol. The fourth-order valence-corrected chi connectivity index (χ4v) is 2.63. The second-order valence-corrected chi connectivity index (χ2v) is 6.48. The average molecular weight is 376 g/mol. The highest BCUT2D eigenvalue weighted by Gasteiger charge is 2.26. The van der Waals surface area contributed by atoms with Gasteiger partial charge in [-0.1, -0.05) is 12.1 Å². The van der Waals surface area contributed by atoms with E-state index >= 15 is 0 Å². The third-order valence-corrected chi connectivity index (χ3v) is 4.36. The smallest absolute Gasteiger partial charge is 0.332 e. The molecule has 0 aliphatic heterocycles. The second-order valence-electron chi connectivity index (χ2n) is 6.48. The fraction of sp³-hybridized carbons (Fsp3) is 0.389. The van der Waals surface area contributed by atoms with Gasteiger partial charge in [0.1, 0.15) is 17.9 Å². The molecule has 1 aromatic carbocycles. The van der Waals surface area contributed by atoms with Gasteiger partial charge in [0, 0.05) is 18.4 Å². The summed E-state index contributed by atoms with van der Waals surface area (Å²) in [5.41, 5.74) is -0.948. The first-order chi connectivity index (χ1) is 12.9. The number of pyridine rings is 1. The number of carbonyl (C=O) groups is 2. The van der Waals surface area contributed by atoms with Crippen LogP contribution in [0.5, 0.6) is 5.75 Å². The summed E-state index contributed by atoms with van der Waals surface area (Å²) >= 11 is 0. The molecule has 2 aromatic rings. The lowest BCUT2D eigenvalue weighted by molar-refractivity contribution is -0.146. The van der Waals surface area contributed by atoms with Crippen molar-refractivity contribution in [1.82, 2.24) is 10.0 Å². The minimum absolute atomic E-state index is 0.180. The number of aromatic nitrogens is 1. The van der Waals surface area contributed by atoms with Crippen LogP contribution in [0.1, 0.15) is 29.6 Å². The largest absolute Gasteiger partial charge is 0.506 e. The molecule has 1 fully saturated rings. The Labute approximate surface area is 153 Å². The van der Waals surface area contributed by atoms with Crippen LogP contribution in [-0.2, 0) is 4.79 Å². The number of para-hydroxylation sites is 1. The van der Waals surface area contributed by atoms with Gasteiger partial charge in [-0.15, -0.1) is 4.73 Å². The van der Waals surface area contributed by atoms with E-state index in [0.29, 0.717) is 18.0 Å². The topological polar surface area (TPSA) is 138 Å². The summed E-state index contributed by atoms with van der Waals surface area (Å²) in [6, 6.07) is 6.51. The first-order valence-corrected chi connectivity index (χ1v) is 8.59. The van der Waals surface area contributed by atoms with Crippen molar-refractivity contribution in [3.8, 4) is 5.75 Å². The maximum absolute atomic E-state index is 12.8. The van der Waals surface area contributed by atoms with Gasteiger partial charge in [0.05, 0.1) is 5.52 Å². The monoisotopic (exact) mass is 376 g/mol. The van der Waals surface area contributed by atoms with Crippen molar-refractivity contribution in [3.63, 3.8) is 0 Å². The van der Waals surface area contributed by atoms with Crippen molar-refractivity contribution in [2.75, 3.05) is 13.2 Å². The Hall–Kier alpha value is -3.07. The highest BCUT2D eigenvalue weighted by molar-refractivity contribution is 6.02. The lowest BCUT2D eigenvalue weighted by Gasteiger charge is -2.15. The Kier molecular flexibility index (Phi) is 5.31. The van der Waals surface area contributed by atoms with Crippen molar-refractivity contribution in [1.29, 1.82) is 0 Å². The zero-order valence-corrected chi connectivity index (χ0v) is 14.4. The molecule has 144 valence electrons. The van der Waals surface area contributed by atoms with Crippen molar-refractivity contribution < 1.29 is 29.7 Å². The lowest BCUT2D eigenvalue weighted by atomic mass is 10.1. The highest BCUT2D eigenvalue weighted by atomic mass is 16.7. The standard InChI is InChI=1S/C18H20N2O7/c21-13(18(25)26)7-8-19-16(23)14-15(22)11-3-1-2-4-12(11)20(17(14)24)27-9-10-5-6-10/h1-4,10,13,21-22H,5-9H2,(H,19,23)(H,25,26). The van der Waals surface area contributed by atoms with Crippen molar-refractivity contribution >= 4 is 22.8 Å². The molecule has 0 radical (unpaired) electrons. The summed E-state index contributed by atoms with van der Waals surface area (Å²) in [6.07, 6.45) is 0.171. The summed E-state index contributed by atoms with van der Waals surface area (Å²) in [4.78, 5) is 41.4. The molecule has 9 heteroatoms.